The summed E-state index contributed by atoms with van der Waals surface area (Å²) in [5.41, 5.74) is 7.51. The second-order valence-corrected chi connectivity index (χ2v) is 6.10. The third-order valence-corrected chi connectivity index (χ3v) is 4.61. The van der Waals surface area contributed by atoms with Gasteiger partial charge in [-0.2, -0.15) is 0 Å². The van der Waals surface area contributed by atoms with E-state index < -0.39 is 0 Å². The molecule has 0 amide bonds. The quantitative estimate of drug-likeness (QED) is 0.906. The first-order valence-electron chi connectivity index (χ1n) is 6.91. The minimum Gasteiger partial charge on any atom is -0.378 e. The summed E-state index contributed by atoms with van der Waals surface area (Å²) in [5.74, 6) is 0.455. The molecule has 3 atom stereocenters. The van der Waals surface area contributed by atoms with Gasteiger partial charge in [0.05, 0.1) is 12.2 Å². The molecule has 3 nitrogen and oxygen atoms in total. The third-order valence-electron chi connectivity index (χ3n) is 4.36. The van der Waals surface area contributed by atoms with Gasteiger partial charge in [0, 0.05) is 30.7 Å². The Labute approximate surface area is 119 Å². The lowest BCUT2D eigenvalue weighted by Crippen LogP contribution is -2.43. The normalized spacial score (nSPS) is 32.6. The molecule has 0 radical (unpaired) electrons. The zero-order valence-electron chi connectivity index (χ0n) is 11.0. The Balaban J connectivity index is 1.72. The molecule has 2 aliphatic rings. The molecule has 2 aliphatic heterocycles. The first-order chi connectivity index (χ1) is 9.19. The average molecular weight is 282 g/mol. The zero-order valence-corrected chi connectivity index (χ0v) is 11.7. The van der Waals surface area contributed by atoms with Crippen LogP contribution in [0.4, 0.5) is 0 Å². The van der Waals surface area contributed by atoms with Gasteiger partial charge in [-0.25, -0.2) is 0 Å². The summed E-state index contributed by atoms with van der Waals surface area (Å²) >= 11 is 5.92. The SMILES string of the molecule is NC(c1ccc(Cl)cc1)C1CCOC2(CCOC2)C1. The zero-order chi connectivity index (χ0) is 13.3. The van der Waals surface area contributed by atoms with E-state index in [1.165, 1.54) is 0 Å². The largest absolute Gasteiger partial charge is 0.378 e. The van der Waals surface area contributed by atoms with Crippen LogP contribution < -0.4 is 5.73 Å². The Morgan fingerprint density at radius 2 is 2.05 bits per heavy atom. The van der Waals surface area contributed by atoms with Gasteiger partial charge in [-0.1, -0.05) is 23.7 Å². The fraction of sp³-hybridized carbons (Fsp3) is 0.600. The molecule has 1 spiro atoms. The fourth-order valence-corrected chi connectivity index (χ4v) is 3.32. The van der Waals surface area contributed by atoms with Gasteiger partial charge in [0.2, 0.25) is 0 Å². The van der Waals surface area contributed by atoms with Crippen LogP contribution in [0.3, 0.4) is 0 Å². The van der Waals surface area contributed by atoms with Crippen molar-refractivity contribution in [1.29, 1.82) is 0 Å². The van der Waals surface area contributed by atoms with Gasteiger partial charge < -0.3 is 15.2 Å². The van der Waals surface area contributed by atoms with Crippen LogP contribution in [0, 0.1) is 5.92 Å². The predicted octanol–water partition coefficient (Wildman–Crippen LogP) is 2.93. The summed E-state index contributed by atoms with van der Waals surface area (Å²) in [5, 5.41) is 0.753. The summed E-state index contributed by atoms with van der Waals surface area (Å²) in [6, 6.07) is 7.92. The highest BCUT2D eigenvalue weighted by molar-refractivity contribution is 6.30. The van der Waals surface area contributed by atoms with E-state index in [2.05, 4.69) is 0 Å². The van der Waals surface area contributed by atoms with Crippen LogP contribution in [0.2, 0.25) is 5.02 Å². The number of halogens is 1. The van der Waals surface area contributed by atoms with Crippen molar-refractivity contribution < 1.29 is 9.47 Å². The van der Waals surface area contributed by atoms with E-state index in [1.54, 1.807) is 0 Å². The Morgan fingerprint density at radius 3 is 2.74 bits per heavy atom. The molecule has 3 unspecified atom stereocenters. The van der Waals surface area contributed by atoms with Crippen LogP contribution >= 0.6 is 11.6 Å². The molecule has 4 heteroatoms. The van der Waals surface area contributed by atoms with Crippen LogP contribution in [-0.2, 0) is 9.47 Å². The number of benzene rings is 1. The van der Waals surface area contributed by atoms with E-state index >= 15 is 0 Å². The molecular weight excluding hydrogens is 262 g/mol. The highest BCUT2D eigenvalue weighted by Gasteiger charge is 2.42. The van der Waals surface area contributed by atoms with Gasteiger partial charge in [0.25, 0.3) is 0 Å². The van der Waals surface area contributed by atoms with Crippen molar-refractivity contribution in [2.24, 2.45) is 11.7 Å². The maximum absolute atomic E-state index is 6.43. The van der Waals surface area contributed by atoms with Gasteiger partial charge in [-0.15, -0.1) is 0 Å². The van der Waals surface area contributed by atoms with E-state index in [0.29, 0.717) is 5.92 Å². The number of ether oxygens (including phenoxy) is 2. The van der Waals surface area contributed by atoms with Crippen molar-refractivity contribution in [2.45, 2.75) is 30.9 Å². The van der Waals surface area contributed by atoms with Crippen molar-refractivity contribution in [2.75, 3.05) is 19.8 Å². The summed E-state index contributed by atoms with van der Waals surface area (Å²) < 4.78 is 11.5. The highest BCUT2D eigenvalue weighted by atomic mass is 35.5. The number of rotatable bonds is 2. The molecule has 0 aromatic heterocycles. The molecule has 1 aromatic carbocycles. The van der Waals surface area contributed by atoms with Crippen LogP contribution in [-0.4, -0.2) is 25.4 Å². The molecule has 1 aromatic rings. The van der Waals surface area contributed by atoms with Gasteiger partial charge in [-0.3, -0.25) is 0 Å². The van der Waals surface area contributed by atoms with Crippen molar-refractivity contribution >= 4 is 11.6 Å². The Kier molecular flexibility index (Phi) is 3.81. The van der Waals surface area contributed by atoms with Gasteiger partial charge in [0.1, 0.15) is 0 Å². The summed E-state index contributed by atoms with van der Waals surface area (Å²) in [6.45, 7) is 2.31. The first kappa shape index (κ1) is 13.4. The van der Waals surface area contributed by atoms with E-state index in [-0.39, 0.29) is 11.6 Å². The maximum atomic E-state index is 6.43. The van der Waals surface area contributed by atoms with Gasteiger partial charge >= 0.3 is 0 Å². The van der Waals surface area contributed by atoms with Crippen LogP contribution in [0.1, 0.15) is 30.9 Å². The van der Waals surface area contributed by atoms with Crippen molar-refractivity contribution in [3.8, 4) is 0 Å². The lowest BCUT2D eigenvalue weighted by atomic mass is 9.79. The molecule has 19 heavy (non-hydrogen) atoms. The molecule has 2 heterocycles. The molecule has 2 fully saturated rings. The fourth-order valence-electron chi connectivity index (χ4n) is 3.19. The second-order valence-electron chi connectivity index (χ2n) is 5.66. The molecule has 2 N–H and O–H groups in total. The Morgan fingerprint density at radius 1 is 1.26 bits per heavy atom. The molecule has 0 bridgehead atoms. The van der Waals surface area contributed by atoms with E-state index in [9.17, 15) is 0 Å². The van der Waals surface area contributed by atoms with E-state index in [4.69, 9.17) is 26.8 Å². The maximum Gasteiger partial charge on any atom is 0.0940 e. The van der Waals surface area contributed by atoms with E-state index in [1.807, 2.05) is 24.3 Å². The molecule has 0 aliphatic carbocycles. The first-order valence-corrected chi connectivity index (χ1v) is 7.29. The summed E-state index contributed by atoms with van der Waals surface area (Å²) in [6.07, 6.45) is 3.01. The van der Waals surface area contributed by atoms with Gasteiger partial charge in [0.15, 0.2) is 0 Å². The number of nitrogens with two attached hydrogens (primary N) is 1. The number of hydrogen-bond acceptors (Lipinski definition) is 3. The third kappa shape index (κ3) is 2.79. The summed E-state index contributed by atoms with van der Waals surface area (Å²) in [4.78, 5) is 0. The van der Waals surface area contributed by atoms with E-state index in [0.717, 1.165) is 49.7 Å². The minimum absolute atomic E-state index is 0.0543. The highest BCUT2D eigenvalue weighted by Crippen LogP contribution is 2.40. The summed E-state index contributed by atoms with van der Waals surface area (Å²) in [7, 11) is 0. The predicted molar refractivity (Wildman–Crippen MR) is 75.2 cm³/mol. The van der Waals surface area contributed by atoms with Crippen molar-refractivity contribution in [3.05, 3.63) is 34.9 Å². The number of hydrogen-bond donors (Lipinski definition) is 1. The molecule has 2 saturated heterocycles. The van der Waals surface area contributed by atoms with Crippen LogP contribution in [0.15, 0.2) is 24.3 Å². The van der Waals surface area contributed by atoms with Crippen LogP contribution in [0.5, 0.6) is 0 Å². The minimum atomic E-state index is -0.0764. The lowest BCUT2D eigenvalue weighted by molar-refractivity contribution is -0.101. The molecular formula is C15H20ClNO2. The Bertz CT molecular complexity index is 428. The topological polar surface area (TPSA) is 44.5 Å². The lowest BCUT2D eigenvalue weighted by Gasteiger charge is -2.39. The molecule has 3 rings (SSSR count). The molecule has 0 saturated carbocycles. The average Bonchev–Trinajstić information content (AvgIpc) is 2.87. The van der Waals surface area contributed by atoms with Crippen LogP contribution in [0.25, 0.3) is 0 Å². The van der Waals surface area contributed by atoms with Crippen molar-refractivity contribution in [1.82, 2.24) is 0 Å². The van der Waals surface area contributed by atoms with Gasteiger partial charge in [-0.05, 0) is 36.5 Å². The smallest absolute Gasteiger partial charge is 0.0940 e. The Hall–Kier alpha value is -0.610. The second kappa shape index (κ2) is 5.41. The molecule has 104 valence electrons. The van der Waals surface area contributed by atoms with Crippen molar-refractivity contribution in [3.63, 3.8) is 0 Å². The standard InChI is InChI=1S/C15H20ClNO2/c16-13-3-1-11(2-4-13)14(17)12-5-7-19-15(9-12)6-8-18-10-15/h1-4,12,14H,5-10,17H2. The monoisotopic (exact) mass is 281 g/mol.